The van der Waals surface area contributed by atoms with Crippen LogP contribution in [-0.2, 0) is 17.2 Å². The second kappa shape index (κ2) is 7.04. The first-order chi connectivity index (χ1) is 10.1. The molecule has 0 spiro atoms. The average Bonchev–Trinajstić information content (AvgIpc) is 2.89. The van der Waals surface area contributed by atoms with Crippen LogP contribution in [0.3, 0.4) is 0 Å². The summed E-state index contributed by atoms with van der Waals surface area (Å²) in [6, 6.07) is 3.67. The number of methoxy groups -OCH3 is 2. The van der Waals surface area contributed by atoms with Gasteiger partial charge in [0.2, 0.25) is 0 Å². The zero-order valence-corrected chi connectivity index (χ0v) is 14.3. The molecule has 1 unspecified atom stereocenters. The van der Waals surface area contributed by atoms with E-state index in [1.807, 2.05) is 31.5 Å². The highest BCUT2D eigenvalue weighted by Gasteiger charge is 2.14. The highest BCUT2D eigenvalue weighted by atomic mass is 32.2. The first-order valence-corrected chi connectivity index (χ1v) is 8.76. The summed E-state index contributed by atoms with van der Waals surface area (Å²) in [5, 5.41) is 0. The fourth-order valence-electron chi connectivity index (χ4n) is 2.07. The quantitative estimate of drug-likeness (QED) is 0.819. The Morgan fingerprint density at radius 3 is 2.43 bits per heavy atom. The van der Waals surface area contributed by atoms with Crippen LogP contribution in [0, 0.1) is 13.8 Å². The van der Waals surface area contributed by atoms with E-state index in [9.17, 15) is 4.21 Å². The number of rotatable bonds is 6. The third kappa shape index (κ3) is 3.63. The first kappa shape index (κ1) is 16.0. The molecule has 2 aromatic rings. The van der Waals surface area contributed by atoms with E-state index < -0.39 is 10.8 Å². The van der Waals surface area contributed by atoms with E-state index in [1.54, 1.807) is 25.6 Å². The van der Waals surface area contributed by atoms with Crippen molar-refractivity contribution in [3.63, 3.8) is 0 Å². The summed E-state index contributed by atoms with van der Waals surface area (Å²) >= 11 is 1.61. The summed E-state index contributed by atoms with van der Waals surface area (Å²) in [6.07, 6.45) is 0.775. The van der Waals surface area contributed by atoms with E-state index >= 15 is 0 Å². The van der Waals surface area contributed by atoms with Gasteiger partial charge in [0.1, 0.15) is 0 Å². The van der Waals surface area contributed by atoms with Gasteiger partial charge >= 0.3 is 0 Å². The lowest BCUT2D eigenvalue weighted by atomic mass is 10.2. The molecule has 0 aliphatic heterocycles. The van der Waals surface area contributed by atoms with Crippen molar-refractivity contribution < 1.29 is 13.7 Å². The average molecular weight is 325 g/mol. The summed E-state index contributed by atoms with van der Waals surface area (Å²) in [7, 11) is 2.11. The largest absolute Gasteiger partial charge is 0.493 e. The molecule has 0 saturated carbocycles. The van der Waals surface area contributed by atoms with E-state index in [0.29, 0.717) is 17.3 Å². The number of ether oxygens (including phenoxy) is 2. The van der Waals surface area contributed by atoms with Gasteiger partial charge in [0.05, 0.1) is 36.2 Å². The predicted octanol–water partition coefficient (Wildman–Crippen LogP) is 3.13. The van der Waals surface area contributed by atoms with E-state index in [4.69, 9.17) is 9.47 Å². The molecule has 0 bridgehead atoms. The highest BCUT2D eigenvalue weighted by Crippen LogP contribution is 2.32. The van der Waals surface area contributed by atoms with Crippen molar-refractivity contribution in [1.29, 1.82) is 0 Å². The Bertz CT molecular complexity index is 652. The van der Waals surface area contributed by atoms with E-state index in [2.05, 4.69) is 4.98 Å². The second-order valence-electron chi connectivity index (χ2n) is 4.63. The van der Waals surface area contributed by atoms with Crippen molar-refractivity contribution in [2.45, 2.75) is 25.2 Å². The maximum Gasteiger partial charge on any atom is 0.161 e. The van der Waals surface area contributed by atoms with E-state index in [0.717, 1.165) is 22.6 Å². The Kier molecular flexibility index (Phi) is 5.36. The van der Waals surface area contributed by atoms with E-state index in [1.165, 1.54) is 4.88 Å². The van der Waals surface area contributed by atoms with Crippen LogP contribution in [0.2, 0.25) is 0 Å². The smallest absolute Gasteiger partial charge is 0.161 e. The first-order valence-electron chi connectivity index (χ1n) is 6.56. The minimum atomic E-state index is -1.07. The number of hydrogen-bond donors (Lipinski definition) is 0. The normalized spacial score (nSPS) is 12.2. The molecular weight excluding hydrogens is 306 g/mol. The van der Waals surface area contributed by atoms with Gasteiger partial charge in [-0.15, -0.1) is 11.3 Å². The molecule has 0 amide bonds. The molecular formula is C15H19NO3S2. The number of hydrogen-bond acceptors (Lipinski definition) is 5. The summed E-state index contributed by atoms with van der Waals surface area (Å²) in [4.78, 5) is 6.21. The number of thiazole rings is 1. The van der Waals surface area contributed by atoms with Crippen molar-refractivity contribution in [3.05, 3.63) is 33.8 Å². The topological polar surface area (TPSA) is 48.4 Å². The zero-order chi connectivity index (χ0) is 15.4. The van der Waals surface area contributed by atoms with Crippen LogP contribution in [0.25, 0.3) is 0 Å². The molecule has 1 aromatic heterocycles. The summed E-state index contributed by atoms with van der Waals surface area (Å²) in [6.45, 7) is 3.92. The lowest BCUT2D eigenvalue weighted by Crippen LogP contribution is -2.04. The maximum absolute atomic E-state index is 12.5. The van der Waals surface area contributed by atoms with Crippen LogP contribution in [0.5, 0.6) is 11.5 Å². The Morgan fingerprint density at radius 2 is 1.86 bits per heavy atom. The van der Waals surface area contributed by atoms with Crippen LogP contribution >= 0.6 is 11.3 Å². The lowest BCUT2D eigenvalue weighted by molar-refractivity contribution is 0.353. The molecule has 0 fully saturated rings. The highest BCUT2D eigenvalue weighted by molar-refractivity contribution is 7.85. The number of nitrogens with zero attached hydrogens (tertiary/aromatic N) is 1. The third-order valence-corrected chi connectivity index (χ3v) is 5.79. The fraction of sp³-hybridized carbons (Fsp3) is 0.400. The Hall–Kier alpha value is -1.40. The molecule has 114 valence electrons. The Morgan fingerprint density at radius 1 is 1.19 bits per heavy atom. The molecule has 6 heteroatoms. The zero-order valence-electron chi connectivity index (χ0n) is 12.6. The monoisotopic (exact) mass is 325 g/mol. The SMILES string of the molecule is COc1cc(C)c(S(=O)CCc2scnc2C)cc1OC. The van der Waals surface area contributed by atoms with Gasteiger partial charge in [-0.3, -0.25) is 4.21 Å². The molecule has 0 aliphatic carbocycles. The summed E-state index contributed by atoms with van der Waals surface area (Å²) in [5.41, 5.74) is 3.81. The molecule has 21 heavy (non-hydrogen) atoms. The van der Waals surface area contributed by atoms with Crippen LogP contribution in [0.15, 0.2) is 22.5 Å². The van der Waals surface area contributed by atoms with Gasteiger partial charge in [-0.25, -0.2) is 4.98 Å². The standard InChI is InChI=1S/C15H19NO3S2/c1-10-7-12(18-3)13(19-4)8-15(10)21(17)6-5-14-11(2)16-9-20-14/h7-9H,5-6H2,1-4H3. The minimum absolute atomic E-state index is 0.583. The molecule has 0 radical (unpaired) electrons. The molecule has 2 rings (SSSR count). The van der Waals surface area contributed by atoms with Gasteiger partial charge < -0.3 is 9.47 Å². The summed E-state index contributed by atoms with van der Waals surface area (Å²) < 4.78 is 23.1. The van der Waals surface area contributed by atoms with Crippen LogP contribution in [0.1, 0.15) is 16.1 Å². The van der Waals surface area contributed by atoms with Crippen LogP contribution < -0.4 is 9.47 Å². The second-order valence-corrected chi connectivity index (χ2v) is 7.11. The third-order valence-electron chi connectivity index (χ3n) is 3.29. The molecule has 0 saturated heterocycles. The van der Waals surface area contributed by atoms with Gasteiger partial charge in [0.25, 0.3) is 0 Å². The Labute approximate surface area is 131 Å². The Balaban J connectivity index is 2.17. The molecule has 0 N–H and O–H groups in total. The van der Waals surface area contributed by atoms with Crippen molar-refractivity contribution in [2.75, 3.05) is 20.0 Å². The van der Waals surface area contributed by atoms with Crippen LogP contribution in [0.4, 0.5) is 0 Å². The van der Waals surface area contributed by atoms with Gasteiger partial charge in [-0.2, -0.15) is 0 Å². The van der Waals surface area contributed by atoms with Gasteiger partial charge in [-0.05, 0) is 31.9 Å². The van der Waals surface area contributed by atoms with Crippen molar-refractivity contribution in [3.8, 4) is 11.5 Å². The fourth-order valence-corrected chi connectivity index (χ4v) is 4.25. The molecule has 4 nitrogen and oxygen atoms in total. The van der Waals surface area contributed by atoms with Gasteiger partial charge in [-0.1, -0.05) is 0 Å². The van der Waals surface area contributed by atoms with Gasteiger partial charge in [0, 0.05) is 21.6 Å². The number of benzene rings is 1. The summed E-state index contributed by atoms with van der Waals surface area (Å²) in [5.74, 6) is 1.86. The van der Waals surface area contributed by atoms with Crippen molar-refractivity contribution in [2.24, 2.45) is 0 Å². The maximum atomic E-state index is 12.5. The van der Waals surface area contributed by atoms with Gasteiger partial charge in [0.15, 0.2) is 11.5 Å². The van der Waals surface area contributed by atoms with Crippen molar-refractivity contribution >= 4 is 22.1 Å². The minimum Gasteiger partial charge on any atom is -0.493 e. The number of aryl methyl sites for hydroxylation is 3. The lowest BCUT2D eigenvalue weighted by Gasteiger charge is -2.12. The molecule has 0 aliphatic rings. The van der Waals surface area contributed by atoms with Crippen molar-refractivity contribution in [1.82, 2.24) is 4.98 Å². The molecule has 1 heterocycles. The predicted molar refractivity (Wildman–Crippen MR) is 86.1 cm³/mol. The molecule has 1 aromatic carbocycles. The molecule has 1 atom stereocenters. The number of aromatic nitrogens is 1. The van der Waals surface area contributed by atoms with E-state index in [-0.39, 0.29) is 0 Å². The van der Waals surface area contributed by atoms with Crippen LogP contribution in [-0.4, -0.2) is 29.2 Å².